The normalized spacial score (nSPS) is 17.9. The number of nitrogen functional groups attached to an aromatic ring is 1. The standard InChI is InChI=1S/C14H23N5O/c1-3-11(2)18-6-8-19(9-7-18)14(20)12-4-5-16-13(10-12)17-15/h4-5,10-11H,3,6-9,15H2,1-2H3,(H,16,17). The average Bonchev–Trinajstić information content (AvgIpc) is 2.53. The molecular formula is C14H23N5O. The van der Waals surface area contributed by atoms with Crippen LogP contribution in [0.4, 0.5) is 5.82 Å². The van der Waals surface area contributed by atoms with Crippen molar-refractivity contribution >= 4 is 11.7 Å². The van der Waals surface area contributed by atoms with Gasteiger partial charge in [0, 0.05) is 44.0 Å². The molecule has 1 atom stereocenters. The summed E-state index contributed by atoms with van der Waals surface area (Å²) in [6, 6.07) is 3.99. The van der Waals surface area contributed by atoms with Gasteiger partial charge in [0.1, 0.15) is 5.82 Å². The first-order chi connectivity index (χ1) is 9.65. The van der Waals surface area contributed by atoms with Crippen LogP contribution in [0.3, 0.4) is 0 Å². The summed E-state index contributed by atoms with van der Waals surface area (Å²) in [6.45, 7) is 7.86. The number of rotatable bonds is 4. The monoisotopic (exact) mass is 277 g/mol. The van der Waals surface area contributed by atoms with Gasteiger partial charge in [-0.3, -0.25) is 9.69 Å². The molecule has 1 aliphatic heterocycles. The van der Waals surface area contributed by atoms with Crippen molar-refractivity contribution < 1.29 is 4.79 Å². The third-order valence-corrected chi connectivity index (χ3v) is 3.97. The Morgan fingerprint density at radius 1 is 1.45 bits per heavy atom. The first-order valence-corrected chi connectivity index (χ1v) is 7.11. The number of pyridine rings is 1. The van der Waals surface area contributed by atoms with Gasteiger partial charge in [0.05, 0.1) is 0 Å². The Bertz CT molecular complexity index is 457. The Balaban J connectivity index is 1.97. The number of nitrogens with two attached hydrogens (primary N) is 1. The molecule has 0 bridgehead atoms. The number of amides is 1. The van der Waals surface area contributed by atoms with Gasteiger partial charge >= 0.3 is 0 Å². The van der Waals surface area contributed by atoms with Gasteiger partial charge in [0.15, 0.2) is 0 Å². The lowest BCUT2D eigenvalue weighted by Gasteiger charge is -2.37. The molecule has 20 heavy (non-hydrogen) atoms. The molecule has 3 N–H and O–H groups in total. The van der Waals surface area contributed by atoms with Gasteiger partial charge in [-0.25, -0.2) is 10.8 Å². The van der Waals surface area contributed by atoms with E-state index in [-0.39, 0.29) is 5.91 Å². The van der Waals surface area contributed by atoms with Crippen molar-refractivity contribution in [1.29, 1.82) is 0 Å². The van der Waals surface area contributed by atoms with Crippen molar-refractivity contribution in [3.05, 3.63) is 23.9 Å². The molecule has 1 amide bonds. The number of nitrogens with one attached hydrogen (secondary N) is 1. The summed E-state index contributed by atoms with van der Waals surface area (Å²) in [7, 11) is 0. The summed E-state index contributed by atoms with van der Waals surface area (Å²) in [5.74, 6) is 5.88. The molecule has 1 unspecified atom stereocenters. The van der Waals surface area contributed by atoms with E-state index < -0.39 is 0 Å². The van der Waals surface area contributed by atoms with Gasteiger partial charge in [-0.2, -0.15) is 0 Å². The smallest absolute Gasteiger partial charge is 0.254 e. The van der Waals surface area contributed by atoms with Gasteiger partial charge in [-0.1, -0.05) is 6.92 Å². The molecule has 1 fully saturated rings. The van der Waals surface area contributed by atoms with Crippen LogP contribution in [0.25, 0.3) is 0 Å². The van der Waals surface area contributed by atoms with E-state index in [1.165, 1.54) is 0 Å². The van der Waals surface area contributed by atoms with Crippen LogP contribution in [0.5, 0.6) is 0 Å². The van der Waals surface area contributed by atoms with E-state index in [9.17, 15) is 4.79 Å². The van der Waals surface area contributed by atoms with Crippen molar-refractivity contribution in [3.8, 4) is 0 Å². The zero-order chi connectivity index (χ0) is 14.5. The third-order valence-electron chi connectivity index (χ3n) is 3.97. The Kier molecular flexibility index (Phi) is 4.92. The zero-order valence-corrected chi connectivity index (χ0v) is 12.2. The quantitative estimate of drug-likeness (QED) is 0.632. The molecule has 1 aromatic heterocycles. The van der Waals surface area contributed by atoms with Crippen LogP contribution in [0.2, 0.25) is 0 Å². The highest BCUT2D eigenvalue weighted by Crippen LogP contribution is 2.13. The second-order valence-corrected chi connectivity index (χ2v) is 5.16. The Labute approximate surface area is 119 Å². The van der Waals surface area contributed by atoms with Crippen LogP contribution in [0.15, 0.2) is 18.3 Å². The van der Waals surface area contributed by atoms with Crippen LogP contribution >= 0.6 is 0 Å². The Morgan fingerprint density at radius 3 is 2.75 bits per heavy atom. The van der Waals surface area contributed by atoms with E-state index in [4.69, 9.17) is 5.84 Å². The van der Waals surface area contributed by atoms with Crippen LogP contribution < -0.4 is 11.3 Å². The lowest BCUT2D eigenvalue weighted by Crippen LogP contribution is -2.51. The maximum absolute atomic E-state index is 12.4. The maximum Gasteiger partial charge on any atom is 0.254 e. The molecule has 1 aromatic rings. The summed E-state index contributed by atoms with van der Waals surface area (Å²) in [6.07, 6.45) is 2.74. The van der Waals surface area contributed by atoms with Crippen molar-refractivity contribution in [2.24, 2.45) is 5.84 Å². The predicted molar refractivity (Wildman–Crippen MR) is 79.3 cm³/mol. The molecule has 2 heterocycles. The van der Waals surface area contributed by atoms with Crippen molar-refractivity contribution in [2.45, 2.75) is 26.3 Å². The van der Waals surface area contributed by atoms with E-state index in [0.717, 1.165) is 32.6 Å². The predicted octanol–water partition coefficient (Wildman–Crippen LogP) is 0.924. The van der Waals surface area contributed by atoms with E-state index in [2.05, 4.69) is 29.2 Å². The number of piperazine rings is 1. The second kappa shape index (κ2) is 6.67. The number of carbonyl (C=O) groups excluding carboxylic acids is 1. The summed E-state index contributed by atoms with van der Waals surface area (Å²) in [5.41, 5.74) is 3.09. The van der Waals surface area contributed by atoms with Gasteiger partial charge in [0.25, 0.3) is 5.91 Å². The van der Waals surface area contributed by atoms with Gasteiger partial charge < -0.3 is 10.3 Å². The largest absolute Gasteiger partial charge is 0.336 e. The molecule has 0 aromatic carbocycles. The first kappa shape index (κ1) is 14.7. The molecule has 1 aliphatic rings. The fourth-order valence-electron chi connectivity index (χ4n) is 2.45. The molecule has 0 radical (unpaired) electrons. The lowest BCUT2D eigenvalue weighted by atomic mass is 10.1. The summed E-state index contributed by atoms with van der Waals surface area (Å²) >= 11 is 0. The molecule has 2 rings (SSSR count). The van der Waals surface area contributed by atoms with Crippen LogP contribution in [0.1, 0.15) is 30.6 Å². The fourth-order valence-corrected chi connectivity index (χ4v) is 2.45. The fraction of sp³-hybridized carbons (Fsp3) is 0.571. The summed E-state index contributed by atoms with van der Waals surface area (Å²) in [4.78, 5) is 20.8. The molecule has 0 saturated carbocycles. The summed E-state index contributed by atoms with van der Waals surface area (Å²) in [5, 5.41) is 0. The van der Waals surface area contributed by atoms with Gasteiger partial charge in [-0.05, 0) is 25.5 Å². The third kappa shape index (κ3) is 3.26. The number of aromatic nitrogens is 1. The number of nitrogens with zero attached hydrogens (tertiary/aromatic N) is 3. The molecule has 6 nitrogen and oxygen atoms in total. The highest BCUT2D eigenvalue weighted by atomic mass is 16.2. The highest BCUT2D eigenvalue weighted by Gasteiger charge is 2.24. The highest BCUT2D eigenvalue weighted by molar-refractivity contribution is 5.94. The summed E-state index contributed by atoms with van der Waals surface area (Å²) < 4.78 is 0. The number of anilines is 1. The molecule has 0 spiro atoms. The minimum atomic E-state index is 0.0488. The Hall–Kier alpha value is -1.66. The van der Waals surface area contributed by atoms with Gasteiger partial charge in [-0.15, -0.1) is 0 Å². The number of hydrogen-bond donors (Lipinski definition) is 2. The van der Waals surface area contributed by atoms with Crippen molar-refractivity contribution in [2.75, 3.05) is 31.6 Å². The number of hydrazine groups is 1. The van der Waals surface area contributed by atoms with Crippen LogP contribution in [0, 0.1) is 0 Å². The molecule has 1 saturated heterocycles. The molecule has 0 aliphatic carbocycles. The minimum absolute atomic E-state index is 0.0488. The van der Waals surface area contributed by atoms with E-state index >= 15 is 0 Å². The van der Waals surface area contributed by atoms with Crippen molar-refractivity contribution in [1.82, 2.24) is 14.8 Å². The zero-order valence-electron chi connectivity index (χ0n) is 12.2. The molecule has 6 heteroatoms. The van der Waals surface area contributed by atoms with Crippen LogP contribution in [-0.2, 0) is 0 Å². The SMILES string of the molecule is CCC(C)N1CCN(C(=O)c2ccnc(NN)c2)CC1. The van der Waals surface area contributed by atoms with Gasteiger partial charge in [0.2, 0.25) is 0 Å². The average molecular weight is 277 g/mol. The van der Waals surface area contributed by atoms with E-state index in [1.54, 1.807) is 18.3 Å². The van der Waals surface area contributed by atoms with Crippen LogP contribution in [-0.4, -0.2) is 52.9 Å². The molecule has 110 valence electrons. The van der Waals surface area contributed by atoms with Crippen molar-refractivity contribution in [3.63, 3.8) is 0 Å². The number of carbonyl (C=O) groups is 1. The topological polar surface area (TPSA) is 74.5 Å². The first-order valence-electron chi connectivity index (χ1n) is 7.11. The minimum Gasteiger partial charge on any atom is -0.336 e. The van der Waals surface area contributed by atoms with E-state index in [0.29, 0.717) is 17.4 Å². The lowest BCUT2D eigenvalue weighted by molar-refractivity contribution is 0.0579. The maximum atomic E-state index is 12.4. The Morgan fingerprint density at radius 2 is 2.15 bits per heavy atom. The second-order valence-electron chi connectivity index (χ2n) is 5.16. The van der Waals surface area contributed by atoms with E-state index in [1.807, 2.05) is 4.90 Å². The number of hydrogen-bond acceptors (Lipinski definition) is 5. The molecular weight excluding hydrogens is 254 g/mol.